The van der Waals surface area contributed by atoms with Gasteiger partial charge in [-0.05, 0) is 59.2 Å². The number of ether oxygens (including phenoxy) is 3. The zero-order chi connectivity index (χ0) is 26.0. The third kappa shape index (κ3) is 6.69. The van der Waals surface area contributed by atoms with E-state index in [1.807, 2.05) is 42.5 Å². The first-order valence-corrected chi connectivity index (χ1v) is 11.6. The van der Waals surface area contributed by atoms with Gasteiger partial charge in [0.05, 0.1) is 12.8 Å². The van der Waals surface area contributed by atoms with Crippen LogP contribution in [0.3, 0.4) is 0 Å². The molecular weight excluding hydrogens is 468 g/mol. The average molecular weight is 495 g/mol. The summed E-state index contributed by atoms with van der Waals surface area (Å²) < 4.78 is 16.5. The fourth-order valence-corrected chi connectivity index (χ4v) is 3.78. The summed E-state index contributed by atoms with van der Waals surface area (Å²) in [7, 11) is 1.54. The molecule has 186 valence electrons. The number of rotatable bonds is 10. The fourth-order valence-electron chi connectivity index (χ4n) is 3.78. The Morgan fingerprint density at radius 1 is 1.03 bits per heavy atom. The normalized spacial score (nSPS) is 10.8. The van der Waals surface area contributed by atoms with Crippen LogP contribution in [0, 0.1) is 18.3 Å². The molecular formula is C29H26N4O4. The van der Waals surface area contributed by atoms with Crippen molar-refractivity contribution in [3.05, 3.63) is 101 Å². The number of nitrogens with one attached hydrogen (secondary N) is 1. The van der Waals surface area contributed by atoms with Crippen molar-refractivity contribution in [2.24, 2.45) is 5.10 Å². The summed E-state index contributed by atoms with van der Waals surface area (Å²) in [5, 5.41) is 15.8. The van der Waals surface area contributed by atoms with E-state index in [0.29, 0.717) is 17.9 Å². The average Bonchev–Trinajstić information content (AvgIpc) is 2.91. The van der Waals surface area contributed by atoms with E-state index in [1.54, 1.807) is 13.0 Å². The molecule has 0 spiro atoms. The van der Waals surface area contributed by atoms with Gasteiger partial charge in [0, 0.05) is 18.4 Å². The smallest absolute Gasteiger partial charge is 0.278 e. The molecule has 0 unspecified atom stereocenters. The summed E-state index contributed by atoms with van der Waals surface area (Å²) in [5.41, 5.74) is 5.86. The van der Waals surface area contributed by atoms with Gasteiger partial charge < -0.3 is 14.2 Å². The number of methoxy groups -OCH3 is 1. The van der Waals surface area contributed by atoms with Crippen LogP contribution in [-0.2, 0) is 22.7 Å². The predicted molar refractivity (Wildman–Crippen MR) is 140 cm³/mol. The molecule has 4 rings (SSSR count). The lowest BCUT2D eigenvalue weighted by molar-refractivity contribution is -0.123. The molecule has 0 radical (unpaired) electrons. The highest BCUT2D eigenvalue weighted by Gasteiger charge is 2.14. The third-order valence-corrected chi connectivity index (χ3v) is 5.50. The number of amides is 1. The summed E-state index contributed by atoms with van der Waals surface area (Å²) in [6, 6.07) is 25.6. The van der Waals surface area contributed by atoms with Gasteiger partial charge >= 0.3 is 0 Å². The van der Waals surface area contributed by atoms with E-state index in [2.05, 4.69) is 45.8 Å². The predicted octanol–water partition coefficient (Wildman–Crippen LogP) is 4.67. The zero-order valence-electron chi connectivity index (χ0n) is 20.6. The van der Waals surface area contributed by atoms with Crippen LogP contribution in [0.15, 0.2) is 77.9 Å². The second kappa shape index (κ2) is 12.3. The quantitative estimate of drug-likeness (QED) is 0.254. The lowest BCUT2D eigenvalue weighted by Gasteiger charge is -2.10. The summed E-state index contributed by atoms with van der Waals surface area (Å²) >= 11 is 0. The number of hydrogen-bond acceptors (Lipinski definition) is 7. The van der Waals surface area contributed by atoms with Gasteiger partial charge in [0.15, 0.2) is 6.61 Å². The van der Waals surface area contributed by atoms with Crippen molar-refractivity contribution >= 4 is 22.9 Å². The van der Waals surface area contributed by atoms with Crippen molar-refractivity contribution in [2.75, 3.05) is 13.7 Å². The Balaban J connectivity index is 1.28. The number of fused-ring (bicyclic) bond motifs is 1. The van der Waals surface area contributed by atoms with Crippen LogP contribution < -0.4 is 14.9 Å². The van der Waals surface area contributed by atoms with Gasteiger partial charge in [0.2, 0.25) is 5.88 Å². The maximum atomic E-state index is 12.2. The lowest BCUT2D eigenvalue weighted by Crippen LogP contribution is -2.25. The molecule has 0 saturated heterocycles. The molecule has 1 amide bonds. The van der Waals surface area contributed by atoms with Crippen molar-refractivity contribution in [1.82, 2.24) is 10.4 Å². The highest BCUT2D eigenvalue weighted by molar-refractivity contribution is 5.85. The maximum absolute atomic E-state index is 12.2. The number of nitriles is 1. The van der Waals surface area contributed by atoms with Crippen LogP contribution in [0.25, 0.3) is 10.8 Å². The molecule has 3 aromatic carbocycles. The monoisotopic (exact) mass is 494 g/mol. The van der Waals surface area contributed by atoms with Crippen LogP contribution >= 0.6 is 0 Å². The number of aryl methyl sites for hydroxylation is 1. The van der Waals surface area contributed by atoms with E-state index in [0.717, 1.165) is 16.9 Å². The molecule has 4 aromatic rings. The molecule has 1 aromatic heterocycles. The standard InChI is InChI=1S/C29H26N4O4/c1-20-14-24(17-35-2)27(15-30)29(32-20)37-19-28(34)33-31-16-21-10-12-25(13-11-21)36-18-23-8-5-7-22-6-3-4-9-26(22)23/h3-14,16H,17-19H2,1-2H3,(H,33,34)/b31-16-. The van der Waals surface area contributed by atoms with E-state index < -0.39 is 5.91 Å². The van der Waals surface area contributed by atoms with Crippen LogP contribution in [0.5, 0.6) is 11.6 Å². The van der Waals surface area contributed by atoms with Gasteiger partial charge in [0.1, 0.15) is 24.0 Å². The first kappa shape index (κ1) is 25.4. The highest BCUT2D eigenvalue weighted by atomic mass is 16.5. The van der Waals surface area contributed by atoms with Crippen LogP contribution in [-0.4, -0.2) is 30.8 Å². The van der Waals surface area contributed by atoms with Crippen molar-refractivity contribution in [3.8, 4) is 17.7 Å². The molecule has 1 heterocycles. The van der Waals surface area contributed by atoms with Crippen molar-refractivity contribution in [1.29, 1.82) is 5.26 Å². The molecule has 37 heavy (non-hydrogen) atoms. The minimum atomic E-state index is -0.480. The Hall–Kier alpha value is -4.74. The Bertz CT molecular complexity index is 1450. The molecule has 0 aliphatic carbocycles. The van der Waals surface area contributed by atoms with Crippen molar-refractivity contribution in [3.63, 3.8) is 0 Å². The lowest BCUT2D eigenvalue weighted by atomic mass is 10.1. The minimum absolute atomic E-state index is 0.0905. The number of aromatic nitrogens is 1. The number of hydrogen-bond donors (Lipinski definition) is 1. The second-order valence-electron chi connectivity index (χ2n) is 8.23. The van der Waals surface area contributed by atoms with E-state index in [4.69, 9.17) is 14.2 Å². The molecule has 8 nitrogen and oxygen atoms in total. The van der Waals surface area contributed by atoms with E-state index in [-0.39, 0.29) is 24.7 Å². The first-order chi connectivity index (χ1) is 18.1. The van der Waals surface area contributed by atoms with Crippen LogP contribution in [0.4, 0.5) is 0 Å². The van der Waals surface area contributed by atoms with Gasteiger partial charge in [-0.2, -0.15) is 10.4 Å². The van der Waals surface area contributed by atoms with Crippen LogP contribution in [0.1, 0.15) is 27.9 Å². The molecule has 0 saturated carbocycles. The highest BCUT2D eigenvalue weighted by Crippen LogP contribution is 2.22. The molecule has 0 aliphatic heterocycles. The molecule has 8 heteroatoms. The summed E-state index contributed by atoms with van der Waals surface area (Å²) in [6.45, 7) is 2.14. The van der Waals surface area contributed by atoms with Crippen molar-refractivity contribution < 1.29 is 19.0 Å². The molecule has 0 aliphatic rings. The van der Waals surface area contributed by atoms with Gasteiger partial charge in [-0.25, -0.2) is 10.4 Å². The third-order valence-electron chi connectivity index (χ3n) is 5.50. The van der Waals surface area contributed by atoms with Gasteiger partial charge in [-0.15, -0.1) is 0 Å². The number of carbonyl (C=O) groups excluding carboxylic acids is 1. The van der Waals surface area contributed by atoms with Crippen molar-refractivity contribution in [2.45, 2.75) is 20.1 Å². The number of nitrogens with zero attached hydrogens (tertiary/aromatic N) is 3. The van der Waals surface area contributed by atoms with Gasteiger partial charge in [-0.3, -0.25) is 4.79 Å². The Kier molecular flexibility index (Phi) is 8.42. The maximum Gasteiger partial charge on any atom is 0.278 e. The number of hydrazone groups is 1. The summed E-state index contributed by atoms with van der Waals surface area (Å²) in [4.78, 5) is 16.4. The second-order valence-corrected chi connectivity index (χ2v) is 8.23. The SMILES string of the molecule is COCc1cc(C)nc(OCC(=O)N/N=C\c2ccc(OCc3cccc4ccccc34)cc2)c1C#N. The molecule has 0 fully saturated rings. The first-order valence-electron chi connectivity index (χ1n) is 11.6. The fraction of sp³-hybridized carbons (Fsp3) is 0.172. The van der Waals surface area contributed by atoms with Gasteiger partial charge in [0.25, 0.3) is 5.91 Å². The summed E-state index contributed by atoms with van der Waals surface area (Å²) in [6.07, 6.45) is 1.52. The summed E-state index contributed by atoms with van der Waals surface area (Å²) in [5.74, 6) is 0.342. The van der Waals surface area contributed by atoms with E-state index in [1.165, 1.54) is 24.1 Å². The minimum Gasteiger partial charge on any atom is -0.489 e. The molecule has 0 bridgehead atoms. The number of carbonyl (C=O) groups is 1. The van der Waals surface area contributed by atoms with E-state index >= 15 is 0 Å². The topological polar surface area (TPSA) is 106 Å². The zero-order valence-corrected chi connectivity index (χ0v) is 20.6. The number of pyridine rings is 1. The number of benzene rings is 3. The van der Waals surface area contributed by atoms with Crippen LogP contribution in [0.2, 0.25) is 0 Å². The Labute approximate surface area is 215 Å². The molecule has 1 N–H and O–H groups in total. The molecule has 0 atom stereocenters. The largest absolute Gasteiger partial charge is 0.489 e. The Morgan fingerprint density at radius 2 is 1.81 bits per heavy atom. The van der Waals surface area contributed by atoms with E-state index in [9.17, 15) is 10.1 Å². The Morgan fingerprint density at radius 3 is 2.59 bits per heavy atom. The van der Waals surface area contributed by atoms with Gasteiger partial charge in [-0.1, -0.05) is 42.5 Å².